The minimum Gasteiger partial charge on any atom is -0.396 e. The molecule has 21 heavy (non-hydrogen) atoms. The van der Waals surface area contributed by atoms with Crippen LogP contribution in [0.5, 0.6) is 0 Å². The average Bonchev–Trinajstić information content (AvgIpc) is 2.93. The second-order valence-corrected chi connectivity index (χ2v) is 6.30. The zero-order chi connectivity index (χ0) is 15.2. The predicted molar refractivity (Wildman–Crippen MR) is 88.6 cm³/mol. The summed E-state index contributed by atoms with van der Waals surface area (Å²) in [7, 11) is 0. The molecule has 0 bridgehead atoms. The first kappa shape index (κ1) is 15.9. The third-order valence-corrected chi connectivity index (χ3v) is 4.57. The smallest absolute Gasteiger partial charge is 0.240 e. The molecule has 1 unspecified atom stereocenters. The van der Waals surface area contributed by atoms with E-state index < -0.39 is 0 Å². The molecule has 0 amide bonds. The molecule has 0 aromatic carbocycles. The summed E-state index contributed by atoms with van der Waals surface area (Å²) in [6, 6.07) is 2.14. The van der Waals surface area contributed by atoms with Crippen LogP contribution in [0.2, 0.25) is 0 Å². The maximum Gasteiger partial charge on any atom is 0.240 e. The number of rotatable bonds is 8. The van der Waals surface area contributed by atoms with Crippen molar-refractivity contribution in [3.05, 3.63) is 10.9 Å². The number of thiophene rings is 1. The van der Waals surface area contributed by atoms with Gasteiger partial charge in [-0.2, -0.15) is 4.98 Å². The lowest BCUT2D eigenvalue weighted by atomic mass is 10.1. The molecule has 0 radical (unpaired) electrons. The van der Waals surface area contributed by atoms with E-state index in [-0.39, 0.29) is 6.61 Å². The quantitative estimate of drug-likeness (QED) is 0.340. The maximum absolute atomic E-state index is 9.03. The molecule has 0 saturated carbocycles. The minimum absolute atomic E-state index is 0.239. The normalized spacial score (nSPS) is 12.6. The average molecular weight is 309 g/mol. The fourth-order valence-electron chi connectivity index (χ4n) is 2.09. The Hall–Kier alpha value is -1.44. The van der Waals surface area contributed by atoms with Crippen molar-refractivity contribution in [3.63, 3.8) is 0 Å². The van der Waals surface area contributed by atoms with E-state index in [4.69, 9.17) is 10.9 Å². The fourth-order valence-corrected chi connectivity index (χ4v) is 3.06. The van der Waals surface area contributed by atoms with Crippen LogP contribution >= 0.6 is 11.3 Å². The van der Waals surface area contributed by atoms with E-state index in [2.05, 4.69) is 33.7 Å². The van der Waals surface area contributed by atoms with Crippen molar-refractivity contribution < 1.29 is 5.11 Å². The number of aryl methyl sites for hydroxylation is 1. The molecule has 2 aromatic rings. The first-order valence-corrected chi connectivity index (χ1v) is 8.11. The summed E-state index contributed by atoms with van der Waals surface area (Å²) < 4.78 is 0. The fraction of sp³-hybridized carbons (Fsp3) is 0.571. The SMILES string of the molecule is CCc1cc2c(NCCCC(C)CO)nc(NN)nc2s1. The van der Waals surface area contributed by atoms with Gasteiger partial charge in [-0.3, -0.25) is 5.43 Å². The summed E-state index contributed by atoms with van der Waals surface area (Å²) in [6.07, 6.45) is 2.97. The third kappa shape index (κ3) is 4.03. The molecule has 7 heteroatoms. The number of hydrazine groups is 1. The van der Waals surface area contributed by atoms with Gasteiger partial charge in [-0.1, -0.05) is 13.8 Å². The Balaban J connectivity index is 2.11. The molecule has 5 N–H and O–H groups in total. The van der Waals surface area contributed by atoms with E-state index in [1.54, 1.807) is 11.3 Å². The number of hydrogen-bond donors (Lipinski definition) is 4. The summed E-state index contributed by atoms with van der Waals surface area (Å²) in [4.78, 5) is 11.0. The van der Waals surface area contributed by atoms with E-state index in [1.807, 2.05) is 6.92 Å². The number of nitrogens with one attached hydrogen (secondary N) is 2. The van der Waals surface area contributed by atoms with Gasteiger partial charge in [0.2, 0.25) is 5.95 Å². The van der Waals surface area contributed by atoms with Gasteiger partial charge in [0.05, 0.1) is 5.39 Å². The van der Waals surface area contributed by atoms with Gasteiger partial charge >= 0.3 is 0 Å². The largest absolute Gasteiger partial charge is 0.396 e. The number of nitrogen functional groups attached to an aromatic ring is 1. The molecule has 0 saturated heterocycles. The lowest BCUT2D eigenvalue weighted by Gasteiger charge is -2.10. The van der Waals surface area contributed by atoms with E-state index in [9.17, 15) is 0 Å². The highest BCUT2D eigenvalue weighted by atomic mass is 32.1. The third-order valence-electron chi connectivity index (χ3n) is 3.40. The van der Waals surface area contributed by atoms with Crippen LogP contribution in [0.15, 0.2) is 6.07 Å². The van der Waals surface area contributed by atoms with Crippen LogP contribution in [-0.4, -0.2) is 28.2 Å². The van der Waals surface area contributed by atoms with Crippen molar-refractivity contribution in [2.45, 2.75) is 33.1 Å². The standard InChI is InChI=1S/C14H23N5OS/c1-3-10-7-11-12(16-6-4-5-9(2)8-20)17-14(19-15)18-13(11)21-10/h7,9,20H,3-6,8,15H2,1-2H3,(H2,16,17,18,19). The van der Waals surface area contributed by atoms with Crippen molar-refractivity contribution in [2.75, 3.05) is 23.9 Å². The van der Waals surface area contributed by atoms with E-state index in [0.29, 0.717) is 11.9 Å². The molecule has 2 rings (SSSR count). The molecule has 0 fully saturated rings. The Morgan fingerprint density at radius 1 is 1.43 bits per heavy atom. The Kier molecular flexibility index (Phi) is 5.72. The first-order chi connectivity index (χ1) is 10.2. The van der Waals surface area contributed by atoms with Crippen molar-refractivity contribution in [1.82, 2.24) is 9.97 Å². The zero-order valence-corrected chi connectivity index (χ0v) is 13.3. The molecule has 0 spiro atoms. The number of nitrogens with zero attached hydrogens (tertiary/aromatic N) is 2. The van der Waals surface area contributed by atoms with Crippen molar-refractivity contribution >= 4 is 33.3 Å². The van der Waals surface area contributed by atoms with Crippen LogP contribution in [0.1, 0.15) is 31.6 Å². The highest BCUT2D eigenvalue weighted by Crippen LogP contribution is 2.30. The molecule has 0 aliphatic heterocycles. The van der Waals surface area contributed by atoms with E-state index in [0.717, 1.165) is 41.8 Å². The summed E-state index contributed by atoms with van der Waals surface area (Å²) in [5.74, 6) is 7.02. The Morgan fingerprint density at radius 3 is 2.90 bits per heavy atom. The van der Waals surface area contributed by atoms with Gasteiger partial charge in [0.15, 0.2) is 0 Å². The molecule has 0 aliphatic carbocycles. The number of aromatic nitrogens is 2. The number of anilines is 2. The van der Waals surface area contributed by atoms with Gasteiger partial charge in [0.25, 0.3) is 0 Å². The summed E-state index contributed by atoms with van der Waals surface area (Å²) in [5.41, 5.74) is 2.52. The topological polar surface area (TPSA) is 96.1 Å². The number of aliphatic hydroxyl groups is 1. The number of nitrogens with two attached hydrogens (primary N) is 1. The minimum atomic E-state index is 0.239. The summed E-state index contributed by atoms with van der Waals surface area (Å²) in [5, 5.41) is 13.4. The van der Waals surface area contributed by atoms with Crippen molar-refractivity contribution in [1.29, 1.82) is 0 Å². The Morgan fingerprint density at radius 2 is 2.24 bits per heavy atom. The van der Waals surface area contributed by atoms with Crippen LogP contribution in [0.3, 0.4) is 0 Å². The van der Waals surface area contributed by atoms with Gasteiger partial charge in [-0.15, -0.1) is 11.3 Å². The van der Waals surface area contributed by atoms with Crippen LogP contribution in [0.25, 0.3) is 10.2 Å². The van der Waals surface area contributed by atoms with Gasteiger partial charge < -0.3 is 10.4 Å². The molecular formula is C14H23N5OS. The van der Waals surface area contributed by atoms with Gasteiger partial charge in [-0.25, -0.2) is 10.8 Å². The second kappa shape index (κ2) is 7.53. The molecule has 2 aromatic heterocycles. The summed E-state index contributed by atoms with van der Waals surface area (Å²) in [6.45, 7) is 5.23. The molecule has 6 nitrogen and oxygen atoms in total. The number of fused-ring (bicyclic) bond motifs is 1. The lowest BCUT2D eigenvalue weighted by molar-refractivity contribution is 0.229. The maximum atomic E-state index is 9.03. The molecule has 2 heterocycles. The van der Waals surface area contributed by atoms with Gasteiger partial charge in [-0.05, 0) is 31.2 Å². The molecule has 1 atom stereocenters. The highest BCUT2D eigenvalue weighted by Gasteiger charge is 2.11. The van der Waals surface area contributed by atoms with Crippen LogP contribution < -0.4 is 16.6 Å². The summed E-state index contributed by atoms with van der Waals surface area (Å²) >= 11 is 1.67. The number of aliphatic hydroxyl groups excluding tert-OH is 1. The lowest BCUT2D eigenvalue weighted by Crippen LogP contribution is -2.13. The molecule has 116 valence electrons. The Bertz CT molecular complexity index is 586. The highest BCUT2D eigenvalue weighted by molar-refractivity contribution is 7.18. The van der Waals surface area contributed by atoms with Gasteiger partial charge in [0.1, 0.15) is 10.6 Å². The first-order valence-electron chi connectivity index (χ1n) is 7.29. The Labute approximate surface area is 128 Å². The van der Waals surface area contributed by atoms with Crippen LogP contribution in [0, 0.1) is 5.92 Å². The van der Waals surface area contributed by atoms with Crippen molar-refractivity contribution in [3.8, 4) is 0 Å². The predicted octanol–water partition coefficient (Wildman–Crippen LogP) is 2.36. The molecular weight excluding hydrogens is 286 g/mol. The van der Waals surface area contributed by atoms with E-state index in [1.165, 1.54) is 4.88 Å². The monoisotopic (exact) mass is 309 g/mol. The zero-order valence-electron chi connectivity index (χ0n) is 12.5. The van der Waals surface area contributed by atoms with Gasteiger partial charge in [0, 0.05) is 18.0 Å². The number of hydrogen-bond acceptors (Lipinski definition) is 7. The van der Waals surface area contributed by atoms with E-state index >= 15 is 0 Å². The van der Waals surface area contributed by atoms with Crippen LogP contribution in [0.4, 0.5) is 11.8 Å². The van der Waals surface area contributed by atoms with Crippen molar-refractivity contribution in [2.24, 2.45) is 11.8 Å². The van der Waals surface area contributed by atoms with Crippen LogP contribution in [-0.2, 0) is 6.42 Å². The molecule has 0 aliphatic rings. The second-order valence-electron chi connectivity index (χ2n) is 5.18.